The smallest absolute Gasteiger partial charge is 0.230 e. The van der Waals surface area contributed by atoms with Gasteiger partial charge in [-0.3, -0.25) is 4.79 Å². The van der Waals surface area contributed by atoms with Crippen molar-refractivity contribution in [2.45, 2.75) is 12.8 Å². The standard InChI is InChI=1S/C19H18FN3O3S/c1-25-15-8-5-13(9-16(15)26-2)11-18-22-23-19(27-18)21-17(24)10-12-3-6-14(20)7-4-12/h3-9H,10-11H2,1-2H3,(H,21,23,24). The van der Waals surface area contributed by atoms with Gasteiger partial charge in [-0.2, -0.15) is 0 Å². The zero-order valence-corrected chi connectivity index (χ0v) is 15.7. The minimum Gasteiger partial charge on any atom is -0.493 e. The van der Waals surface area contributed by atoms with E-state index in [1.807, 2.05) is 18.2 Å². The number of hydrogen-bond acceptors (Lipinski definition) is 6. The fourth-order valence-electron chi connectivity index (χ4n) is 2.49. The number of methoxy groups -OCH3 is 2. The number of hydrogen-bond donors (Lipinski definition) is 1. The van der Waals surface area contributed by atoms with Gasteiger partial charge >= 0.3 is 0 Å². The normalized spacial score (nSPS) is 10.5. The lowest BCUT2D eigenvalue weighted by atomic mass is 10.1. The maximum Gasteiger partial charge on any atom is 0.230 e. The van der Waals surface area contributed by atoms with E-state index in [1.54, 1.807) is 26.4 Å². The van der Waals surface area contributed by atoms with E-state index in [2.05, 4.69) is 15.5 Å². The van der Waals surface area contributed by atoms with Crippen LogP contribution >= 0.6 is 11.3 Å². The highest BCUT2D eigenvalue weighted by Gasteiger charge is 2.11. The van der Waals surface area contributed by atoms with Crippen molar-refractivity contribution in [2.75, 3.05) is 19.5 Å². The van der Waals surface area contributed by atoms with Crippen molar-refractivity contribution in [3.05, 3.63) is 64.4 Å². The topological polar surface area (TPSA) is 73.3 Å². The molecule has 1 N–H and O–H groups in total. The molecule has 0 atom stereocenters. The van der Waals surface area contributed by atoms with E-state index in [1.165, 1.54) is 23.5 Å². The second-order valence-electron chi connectivity index (χ2n) is 5.72. The maximum atomic E-state index is 12.9. The lowest BCUT2D eigenvalue weighted by Crippen LogP contribution is -2.14. The van der Waals surface area contributed by atoms with Gasteiger partial charge in [0, 0.05) is 6.42 Å². The van der Waals surface area contributed by atoms with Crippen LogP contribution in [-0.4, -0.2) is 30.3 Å². The lowest BCUT2D eigenvalue weighted by molar-refractivity contribution is -0.115. The fourth-order valence-corrected chi connectivity index (χ4v) is 3.28. The number of rotatable bonds is 7. The first-order valence-electron chi connectivity index (χ1n) is 8.15. The van der Waals surface area contributed by atoms with Crippen molar-refractivity contribution in [1.29, 1.82) is 0 Å². The van der Waals surface area contributed by atoms with Crippen molar-refractivity contribution >= 4 is 22.4 Å². The molecule has 0 aliphatic carbocycles. The number of benzene rings is 2. The van der Waals surface area contributed by atoms with Crippen LogP contribution < -0.4 is 14.8 Å². The van der Waals surface area contributed by atoms with Crippen LogP contribution in [-0.2, 0) is 17.6 Å². The van der Waals surface area contributed by atoms with E-state index in [9.17, 15) is 9.18 Å². The van der Waals surface area contributed by atoms with E-state index in [0.717, 1.165) is 16.1 Å². The minimum atomic E-state index is -0.330. The van der Waals surface area contributed by atoms with E-state index in [-0.39, 0.29) is 18.1 Å². The number of anilines is 1. The minimum absolute atomic E-state index is 0.144. The van der Waals surface area contributed by atoms with Crippen molar-refractivity contribution in [3.8, 4) is 11.5 Å². The summed E-state index contributed by atoms with van der Waals surface area (Å²) in [7, 11) is 3.17. The molecule has 6 nitrogen and oxygen atoms in total. The van der Waals surface area contributed by atoms with Crippen LogP contribution in [0.5, 0.6) is 11.5 Å². The van der Waals surface area contributed by atoms with Gasteiger partial charge in [0.25, 0.3) is 0 Å². The molecule has 0 aliphatic rings. The Labute approximate surface area is 160 Å². The Bertz CT molecular complexity index is 928. The second-order valence-corrected chi connectivity index (χ2v) is 6.78. The fraction of sp³-hybridized carbons (Fsp3) is 0.211. The molecule has 0 spiro atoms. The molecular formula is C19H18FN3O3S. The Morgan fingerprint density at radius 1 is 1.04 bits per heavy atom. The first-order chi connectivity index (χ1) is 13.1. The third-order valence-corrected chi connectivity index (χ3v) is 4.63. The molecular weight excluding hydrogens is 369 g/mol. The van der Waals surface area contributed by atoms with Gasteiger partial charge < -0.3 is 14.8 Å². The summed E-state index contributed by atoms with van der Waals surface area (Å²) in [6, 6.07) is 11.5. The molecule has 3 aromatic rings. The molecule has 0 unspecified atom stereocenters. The molecule has 0 fully saturated rings. The number of ether oxygens (including phenoxy) is 2. The zero-order chi connectivity index (χ0) is 19.2. The third kappa shape index (κ3) is 5.01. The molecule has 0 radical (unpaired) electrons. The highest BCUT2D eigenvalue weighted by molar-refractivity contribution is 7.15. The third-order valence-electron chi connectivity index (χ3n) is 3.79. The number of nitrogens with one attached hydrogen (secondary N) is 1. The van der Waals surface area contributed by atoms with Crippen LogP contribution in [0.4, 0.5) is 9.52 Å². The summed E-state index contributed by atoms with van der Waals surface area (Å²) in [5, 5.41) is 12.0. The molecule has 140 valence electrons. The summed E-state index contributed by atoms with van der Waals surface area (Å²) in [4.78, 5) is 12.1. The van der Waals surface area contributed by atoms with Crippen LogP contribution in [0.1, 0.15) is 16.1 Å². The molecule has 2 aromatic carbocycles. The molecule has 1 amide bonds. The molecule has 0 aliphatic heterocycles. The van der Waals surface area contributed by atoms with Crippen molar-refractivity contribution in [3.63, 3.8) is 0 Å². The van der Waals surface area contributed by atoms with Crippen molar-refractivity contribution in [1.82, 2.24) is 10.2 Å². The molecule has 3 rings (SSSR count). The van der Waals surface area contributed by atoms with Crippen LogP contribution in [0.3, 0.4) is 0 Å². The first-order valence-corrected chi connectivity index (χ1v) is 8.96. The summed E-state index contributed by atoms with van der Waals surface area (Å²) in [6.45, 7) is 0. The number of carbonyl (C=O) groups excluding carboxylic acids is 1. The van der Waals surface area contributed by atoms with Gasteiger partial charge in [0.1, 0.15) is 10.8 Å². The van der Waals surface area contributed by atoms with Crippen LogP contribution in [0.25, 0.3) is 0 Å². The van der Waals surface area contributed by atoms with Crippen molar-refractivity contribution < 1.29 is 18.7 Å². The molecule has 1 aromatic heterocycles. The summed E-state index contributed by atoms with van der Waals surface area (Å²) in [6.07, 6.45) is 0.705. The summed E-state index contributed by atoms with van der Waals surface area (Å²) >= 11 is 1.31. The lowest BCUT2D eigenvalue weighted by Gasteiger charge is -2.08. The number of amides is 1. The van der Waals surface area contributed by atoms with Crippen LogP contribution in [0.15, 0.2) is 42.5 Å². The predicted molar refractivity (Wildman–Crippen MR) is 101 cm³/mol. The van der Waals surface area contributed by atoms with Crippen LogP contribution in [0.2, 0.25) is 0 Å². The quantitative estimate of drug-likeness (QED) is 0.672. The van der Waals surface area contributed by atoms with Gasteiger partial charge in [-0.15, -0.1) is 10.2 Å². The van der Waals surface area contributed by atoms with Gasteiger partial charge in [0.05, 0.1) is 20.6 Å². The second kappa shape index (κ2) is 8.59. The Morgan fingerprint density at radius 3 is 2.44 bits per heavy atom. The number of carbonyl (C=O) groups is 1. The average Bonchev–Trinajstić information content (AvgIpc) is 3.10. The number of aromatic nitrogens is 2. The molecule has 0 saturated heterocycles. The van der Waals surface area contributed by atoms with Crippen molar-refractivity contribution in [2.24, 2.45) is 0 Å². The first kappa shape index (κ1) is 18.8. The van der Waals surface area contributed by atoms with E-state index in [0.29, 0.717) is 23.1 Å². The van der Waals surface area contributed by atoms with Gasteiger partial charge in [0.15, 0.2) is 11.5 Å². The SMILES string of the molecule is COc1ccc(Cc2nnc(NC(=O)Cc3ccc(F)cc3)s2)cc1OC. The van der Waals surface area contributed by atoms with Gasteiger partial charge in [-0.25, -0.2) is 4.39 Å². The van der Waals surface area contributed by atoms with E-state index >= 15 is 0 Å². The van der Waals surface area contributed by atoms with E-state index < -0.39 is 0 Å². The molecule has 0 bridgehead atoms. The molecule has 8 heteroatoms. The summed E-state index contributed by atoms with van der Waals surface area (Å²) < 4.78 is 23.4. The summed E-state index contributed by atoms with van der Waals surface area (Å²) in [5.74, 6) is 0.748. The zero-order valence-electron chi connectivity index (χ0n) is 14.9. The maximum absolute atomic E-state index is 12.9. The highest BCUT2D eigenvalue weighted by Crippen LogP contribution is 2.29. The van der Waals surface area contributed by atoms with Gasteiger partial charge in [-0.05, 0) is 35.4 Å². The monoisotopic (exact) mass is 387 g/mol. The summed E-state index contributed by atoms with van der Waals surface area (Å²) in [5.41, 5.74) is 1.72. The highest BCUT2D eigenvalue weighted by atomic mass is 32.1. The largest absolute Gasteiger partial charge is 0.493 e. The molecule has 1 heterocycles. The predicted octanol–water partition coefficient (Wildman–Crippen LogP) is 3.47. The van der Waals surface area contributed by atoms with E-state index in [4.69, 9.17) is 9.47 Å². The average molecular weight is 387 g/mol. The van der Waals surface area contributed by atoms with Gasteiger partial charge in [0.2, 0.25) is 11.0 Å². The number of halogens is 1. The Kier molecular flexibility index (Phi) is 5.97. The van der Waals surface area contributed by atoms with Gasteiger partial charge in [-0.1, -0.05) is 29.5 Å². The molecule has 27 heavy (non-hydrogen) atoms. The Morgan fingerprint density at radius 2 is 1.74 bits per heavy atom. The molecule has 0 saturated carbocycles. The Balaban J connectivity index is 1.61. The Hall–Kier alpha value is -3.00. The van der Waals surface area contributed by atoms with Crippen LogP contribution in [0, 0.1) is 5.82 Å². The number of nitrogens with zero attached hydrogens (tertiary/aromatic N) is 2.